The first-order valence-corrected chi connectivity index (χ1v) is 8.99. The van der Waals surface area contributed by atoms with E-state index >= 15 is 0 Å². The van der Waals surface area contributed by atoms with E-state index in [9.17, 15) is 0 Å². The molecule has 0 N–H and O–H groups in total. The van der Waals surface area contributed by atoms with Crippen LogP contribution in [0.4, 0.5) is 0 Å². The van der Waals surface area contributed by atoms with Gasteiger partial charge in [-0.25, -0.2) is 0 Å². The van der Waals surface area contributed by atoms with E-state index in [1.807, 2.05) is 6.20 Å². The maximum atomic E-state index is 4.84. The zero-order valence-electron chi connectivity index (χ0n) is 14.0. The van der Waals surface area contributed by atoms with Crippen molar-refractivity contribution in [2.75, 3.05) is 0 Å². The van der Waals surface area contributed by atoms with E-state index in [4.69, 9.17) is 4.98 Å². The lowest BCUT2D eigenvalue weighted by Crippen LogP contribution is -1.92. The molecule has 1 heteroatoms. The van der Waals surface area contributed by atoms with Crippen molar-refractivity contribution < 1.29 is 0 Å². The molecule has 0 spiro atoms. The maximum absolute atomic E-state index is 4.84. The molecule has 0 aliphatic rings. The monoisotopic (exact) mass is 327 g/mol. The minimum atomic E-state index is 1.12. The molecule has 0 amide bonds. The fraction of sp³-hybridized carbons (Fsp3) is 0. The van der Waals surface area contributed by atoms with E-state index < -0.39 is 0 Å². The van der Waals surface area contributed by atoms with Gasteiger partial charge in [0.25, 0.3) is 0 Å². The number of pyridine rings is 1. The van der Waals surface area contributed by atoms with Crippen LogP contribution in [0.15, 0.2) is 79.0 Å². The lowest BCUT2D eigenvalue weighted by molar-refractivity contribution is 1.44. The number of benzene rings is 6. The molecule has 1 nitrogen and oxygen atoms in total. The summed E-state index contributed by atoms with van der Waals surface area (Å²) < 4.78 is 0. The summed E-state index contributed by atoms with van der Waals surface area (Å²) in [6, 6.07) is 26.6. The van der Waals surface area contributed by atoms with Gasteiger partial charge >= 0.3 is 0 Å². The largest absolute Gasteiger partial charge is 0.256 e. The third-order valence-corrected chi connectivity index (χ3v) is 5.97. The van der Waals surface area contributed by atoms with Gasteiger partial charge in [0.1, 0.15) is 0 Å². The van der Waals surface area contributed by atoms with Gasteiger partial charge in [-0.3, -0.25) is 4.98 Å². The molecule has 0 saturated heterocycles. The highest BCUT2D eigenvalue weighted by molar-refractivity contribution is 6.41. The van der Waals surface area contributed by atoms with E-state index in [1.165, 1.54) is 59.2 Å². The molecule has 0 bridgehead atoms. The molecule has 7 aromatic rings. The van der Waals surface area contributed by atoms with Crippen molar-refractivity contribution in [3.05, 3.63) is 79.0 Å². The van der Waals surface area contributed by atoms with Gasteiger partial charge in [0.2, 0.25) is 0 Å². The Labute approximate surface area is 149 Å². The molecular formula is C25H13N. The summed E-state index contributed by atoms with van der Waals surface area (Å²) >= 11 is 0. The lowest BCUT2D eigenvalue weighted by Gasteiger charge is -2.18. The van der Waals surface area contributed by atoms with Gasteiger partial charge in [-0.15, -0.1) is 0 Å². The fourth-order valence-corrected chi connectivity index (χ4v) is 4.89. The Kier molecular flexibility index (Phi) is 2.08. The molecule has 0 aliphatic heterocycles. The molecule has 0 unspecified atom stereocenters. The molecule has 26 heavy (non-hydrogen) atoms. The number of nitrogens with zero attached hydrogens (tertiary/aromatic N) is 1. The first kappa shape index (κ1) is 12.8. The number of fused-ring (bicyclic) bond motifs is 3. The van der Waals surface area contributed by atoms with Crippen molar-refractivity contribution in [3.8, 4) is 0 Å². The van der Waals surface area contributed by atoms with Gasteiger partial charge in [0.05, 0.1) is 5.52 Å². The Hall–Kier alpha value is -3.45. The van der Waals surface area contributed by atoms with Crippen LogP contribution in [-0.4, -0.2) is 4.98 Å². The van der Waals surface area contributed by atoms with E-state index in [0.29, 0.717) is 0 Å². The number of rotatable bonds is 0. The smallest absolute Gasteiger partial charge is 0.0793 e. The third kappa shape index (κ3) is 1.34. The van der Waals surface area contributed by atoms with Crippen LogP contribution in [0.2, 0.25) is 0 Å². The zero-order valence-corrected chi connectivity index (χ0v) is 14.0. The SMILES string of the molecule is c1ccc2c(c1)cc1c3nccc4ccc5ccc6ccc2c1c6c5c43. The highest BCUT2D eigenvalue weighted by atomic mass is 14.7. The van der Waals surface area contributed by atoms with Gasteiger partial charge in [-0.1, -0.05) is 60.7 Å². The average molecular weight is 327 g/mol. The van der Waals surface area contributed by atoms with E-state index in [2.05, 4.69) is 72.8 Å². The molecule has 6 aromatic carbocycles. The lowest BCUT2D eigenvalue weighted by atomic mass is 9.86. The molecule has 1 aromatic heterocycles. The molecular weight excluding hydrogens is 314 g/mol. The maximum Gasteiger partial charge on any atom is 0.0793 e. The van der Waals surface area contributed by atoms with Crippen LogP contribution in [0.5, 0.6) is 0 Å². The number of hydrogen-bond donors (Lipinski definition) is 0. The van der Waals surface area contributed by atoms with Crippen molar-refractivity contribution in [2.24, 2.45) is 0 Å². The Morgan fingerprint density at radius 3 is 2.00 bits per heavy atom. The minimum Gasteiger partial charge on any atom is -0.256 e. The Bertz CT molecular complexity index is 1620. The van der Waals surface area contributed by atoms with E-state index in [0.717, 1.165) is 5.52 Å². The Balaban J connectivity index is 2.01. The van der Waals surface area contributed by atoms with Gasteiger partial charge < -0.3 is 0 Å². The van der Waals surface area contributed by atoms with Crippen LogP contribution in [0.3, 0.4) is 0 Å². The second kappa shape index (κ2) is 4.20. The van der Waals surface area contributed by atoms with Crippen molar-refractivity contribution in [1.29, 1.82) is 0 Å². The summed E-state index contributed by atoms with van der Waals surface area (Å²) in [7, 11) is 0. The zero-order chi connectivity index (χ0) is 16.8. The number of aromatic nitrogens is 1. The second-order valence-corrected chi connectivity index (χ2v) is 7.22. The molecule has 0 atom stereocenters. The number of hydrogen-bond acceptors (Lipinski definition) is 1. The highest BCUT2D eigenvalue weighted by Crippen LogP contribution is 2.45. The van der Waals surface area contributed by atoms with Crippen LogP contribution in [0, 0.1) is 0 Å². The van der Waals surface area contributed by atoms with Crippen LogP contribution in [0.25, 0.3) is 64.8 Å². The molecule has 118 valence electrons. The molecule has 7 rings (SSSR count). The quantitative estimate of drug-likeness (QED) is 0.219. The first-order chi connectivity index (χ1) is 12.9. The second-order valence-electron chi connectivity index (χ2n) is 7.22. The third-order valence-electron chi connectivity index (χ3n) is 5.97. The van der Waals surface area contributed by atoms with Crippen LogP contribution in [0.1, 0.15) is 0 Å². The summed E-state index contributed by atoms with van der Waals surface area (Å²) in [5.74, 6) is 0. The van der Waals surface area contributed by atoms with Crippen molar-refractivity contribution >= 4 is 64.8 Å². The molecule has 0 aliphatic carbocycles. The predicted octanol–water partition coefficient (Wildman–Crippen LogP) is 6.88. The molecule has 0 fully saturated rings. The summed E-state index contributed by atoms with van der Waals surface area (Å²) in [5.41, 5.74) is 1.12. The van der Waals surface area contributed by atoms with Crippen LogP contribution < -0.4 is 0 Å². The normalized spacial score (nSPS) is 12.6. The van der Waals surface area contributed by atoms with Crippen molar-refractivity contribution in [2.45, 2.75) is 0 Å². The summed E-state index contributed by atoms with van der Waals surface area (Å²) in [4.78, 5) is 4.84. The Morgan fingerprint density at radius 2 is 1.15 bits per heavy atom. The van der Waals surface area contributed by atoms with Crippen LogP contribution >= 0.6 is 0 Å². The molecule has 1 heterocycles. The summed E-state index contributed by atoms with van der Waals surface area (Å²) in [6.07, 6.45) is 1.94. The summed E-state index contributed by atoms with van der Waals surface area (Å²) in [6.45, 7) is 0. The average Bonchev–Trinajstić information content (AvgIpc) is 2.71. The minimum absolute atomic E-state index is 1.12. The van der Waals surface area contributed by atoms with Crippen LogP contribution in [-0.2, 0) is 0 Å². The highest BCUT2D eigenvalue weighted by Gasteiger charge is 2.18. The van der Waals surface area contributed by atoms with Gasteiger partial charge in [0, 0.05) is 27.7 Å². The van der Waals surface area contributed by atoms with Gasteiger partial charge in [-0.05, 0) is 49.8 Å². The van der Waals surface area contributed by atoms with E-state index in [-0.39, 0.29) is 0 Å². The van der Waals surface area contributed by atoms with Gasteiger partial charge in [-0.2, -0.15) is 0 Å². The van der Waals surface area contributed by atoms with Crippen molar-refractivity contribution in [1.82, 2.24) is 4.98 Å². The predicted molar refractivity (Wildman–Crippen MR) is 112 cm³/mol. The first-order valence-electron chi connectivity index (χ1n) is 8.99. The molecule has 0 radical (unpaired) electrons. The standard InChI is InChI=1S/C25H13N/c1-2-4-18-17(3-1)13-20-24-19(18)10-9-15-6-5-14-7-8-16-11-12-26-25(20)23(16)21(14)22(15)24/h1-13H. The van der Waals surface area contributed by atoms with Crippen molar-refractivity contribution in [3.63, 3.8) is 0 Å². The van der Waals surface area contributed by atoms with E-state index in [1.54, 1.807) is 0 Å². The topological polar surface area (TPSA) is 12.9 Å². The fourth-order valence-electron chi connectivity index (χ4n) is 4.89. The molecule has 0 saturated carbocycles. The summed E-state index contributed by atoms with van der Waals surface area (Å²) in [5, 5.41) is 14.4. The van der Waals surface area contributed by atoms with Gasteiger partial charge in [0.15, 0.2) is 0 Å². The Morgan fingerprint density at radius 1 is 0.462 bits per heavy atom.